The molecule has 298 valence electrons. The minimum Gasteiger partial charge on any atom is -0.464 e. The number of amides is 3. The lowest BCUT2D eigenvalue weighted by molar-refractivity contribution is -0.155. The molecule has 14 heteroatoms. The molecule has 3 amide bonds. The van der Waals surface area contributed by atoms with Gasteiger partial charge in [0.2, 0.25) is 11.8 Å². The zero-order chi connectivity index (χ0) is 39.6. The Morgan fingerprint density at radius 2 is 1.56 bits per heavy atom. The number of carbonyl (C=O) groups is 5. The first-order chi connectivity index (χ1) is 24.4. The molecule has 52 heavy (non-hydrogen) atoms. The molecule has 0 aliphatic heterocycles. The number of hydrogen-bond acceptors (Lipinski definition) is 11. The first kappa shape index (κ1) is 46.8. The van der Waals surface area contributed by atoms with Crippen molar-refractivity contribution in [3.8, 4) is 0 Å². The van der Waals surface area contributed by atoms with E-state index in [0.29, 0.717) is 37.2 Å². The van der Waals surface area contributed by atoms with Gasteiger partial charge >= 0.3 is 18.0 Å². The second kappa shape index (κ2) is 23.4. The van der Waals surface area contributed by atoms with Crippen molar-refractivity contribution in [3.05, 3.63) is 16.1 Å². The van der Waals surface area contributed by atoms with Gasteiger partial charge in [-0.25, -0.2) is 19.4 Å². The summed E-state index contributed by atoms with van der Waals surface area (Å²) in [6, 6.07) is -2.21. The second-order valence-electron chi connectivity index (χ2n) is 14.9. The number of carbonyl (C=O) groups excluding carboxylic acids is 5. The normalized spacial score (nSPS) is 15.1. The third kappa shape index (κ3) is 15.8. The first-order valence-electron chi connectivity index (χ1n) is 18.9. The molecule has 0 bridgehead atoms. The van der Waals surface area contributed by atoms with Crippen molar-refractivity contribution in [2.45, 2.75) is 150 Å². The molecule has 0 aliphatic rings. The van der Waals surface area contributed by atoms with Crippen molar-refractivity contribution in [3.63, 3.8) is 0 Å². The van der Waals surface area contributed by atoms with E-state index in [2.05, 4.69) is 20.9 Å². The monoisotopic (exact) mass is 753 g/mol. The zero-order valence-electron chi connectivity index (χ0n) is 33.8. The third-order valence-corrected chi connectivity index (χ3v) is 10.0. The van der Waals surface area contributed by atoms with E-state index in [0.717, 1.165) is 37.1 Å². The van der Waals surface area contributed by atoms with Gasteiger partial charge in [-0.1, -0.05) is 67.7 Å². The molecular weight excluding hydrogens is 687 g/mol. The molecule has 1 rings (SSSR count). The van der Waals surface area contributed by atoms with Crippen LogP contribution in [0.2, 0.25) is 0 Å². The van der Waals surface area contributed by atoms with E-state index < -0.39 is 47.9 Å². The smallest absolute Gasteiger partial charge is 0.408 e. The fourth-order valence-electron chi connectivity index (χ4n) is 5.68. The second-order valence-corrected chi connectivity index (χ2v) is 15.8. The van der Waals surface area contributed by atoms with Crippen LogP contribution in [0.5, 0.6) is 0 Å². The molecule has 0 aliphatic carbocycles. The molecule has 1 heterocycles. The summed E-state index contributed by atoms with van der Waals surface area (Å²) in [5.41, 5.74) is -0.706. The largest absolute Gasteiger partial charge is 0.464 e. The average molecular weight is 754 g/mol. The number of methoxy groups -OCH3 is 1. The van der Waals surface area contributed by atoms with Crippen molar-refractivity contribution in [2.24, 2.45) is 17.8 Å². The molecule has 0 saturated carbocycles. The molecular formula is C38H67N5O8S. The maximum atomic E-state index is 14.5. The molecule has 1 aromatic heterocycles. The number of esters is 2. The summed E-state index contributed by atoms with van der Waals surface area (Å²) in [6.45, 7) is 20.2. The van der Waals surface area contributed by atoms with Crippen molar-refractivity contribution in [2.75, 3.05) is 27.2 Å². The summed E-state index contributed by atoms with van der Waals surface area (Å²) in [5, 5.41) is 10.8. The summed E-state index contributed by atoms with van der Waals surface area (Å²) in [7, 11) is 3.16. The quantitative estimate of drug-likeness (QED) is 0.0646. The van der Waals surface area contributed by atoms with Crippen LogP contribution in [-0.4, -0.2) is 90.7 Å². The molecule has 3 N–H and O–H groups in total. The first-order valence-corrected chi connectivity index (χ1v) is 19.8. The van der Waals surface area contributed by atoms with Crippen LogP contribution in [0, 0.1) is 17.8 Å². The van der Waals surface area contributed by atoms with E-state index in [1.54, 1.807) is 31.1 Å². The van der Waals surface area contributed by atoms with Crippen LogP contribution in [0.3, 0.4) is 0 Å². The van der Waals surface area contributed by atoms with Crippen LogP contribution in [0.15, 0.2) is 5.38 Å². The maximum Gasteiger partial charge on any atom is 0.408 e. The predicted molar refractivity (Wildman–Crippen MR) is 204 cm³/mol. The summed E-state index contributed by atoms with van der Waals surface area (Å²) < 4.78 is 16.5. The summed E-state index contributed by atoms with van der Waals surface area (Å²) >= 11 is 1.15. The highest BCUT2D eigenvalue weighted by molar-refractivity contribution is 7.09. The Labute approximate surface area is 316 Å². The van der Waals surface area contributed by atoms with Crippen molar-refractivity contribution >= 4 is 41.2 Å². The fourth-order valence-corrected chi connectivity index (χ4v) is 6.51. The van der Waals surface area contributed by atoms with Gasteiger partial charge in [0.15, 0.2) is 11.8 Å². The number of thiazole rings is 1. The van der Waals surface area contributed by atoms with E-state index in [-0.39, 0.29) is 41.7 Å². The van der Waals surface area contributed by atoms with Crippen LogP contribution in [0.25, 0.3) is 0 Å². The highest BCUT2D eigenvalue weighted by atomic mass is 32.1. The lowest BCUT2D eigenvalue weighted by Gasteiger charge is -2.39. The van der Waals surface area contributed by atoms with Gasteiger partial charge < -0.3 is 35.1 Å². The highest BCUT2D eigenvalue weighted by Gasteiger charge is 2.39. The Morgan fingerprint density at radius 1 is 0.923 bits per heavy atom. The van der Waals surface area contributed by atoms with Crippen LogP contribution in [-0.2, 0) is 28.6 Å². The van der Waals surface area contributed by atoms with Gasteiger partial charge in [0.25, 0.3) is 0 Å². The Morgan fingerprint density at radius 3 is 2.10 bits per heavy atom. The van der Waals surface area contributed by atoms with Crippen molar-refractivity contribution in [1.82, 2.24) is 25.8 Å². The van der Waals surface area contributed by atoms with E-state index in [1.807, 2.05) is 55.5 Å². The number of aromatic nitrogens is 1. The Bertz CT molecular complexity index is 1270. The lowest BCUT2D eigenvalue weighted by Crippen LogP contribution is -2.56. The lowest BCUT2D eigenvalue weighted by atomic mass is 9.92. The predicted octanol–water partition coefficient (Wildman–Crippen LogP) is 6.42. The van der Waals surface area contributed by atoms with Crippen LogP contribution < -0.4 is 16.0 Å². The Balaban J connectivity index is 3.56. The SMILES string of the molecule is CCCN(C(=O)[C@@H](NC(=O)CCCCCNC)[C@@H](C)CC)[C@H](C[C@@H](OC(=O)[C@@H](NC(=O)OC(C)(C)C)[C@@H](C)CC)c1nc(C(=O)OC)cs1)C(C)C. The molecule has 0 spiro atoms. The molecule has 0 unspecified atom stereocenters. The summed E-state index contributed by atoms with van der Waals surface area (Å²) in [4.78, 5) is 73.1. The number of nitrogens with one attached hydrogen (secondary N) is 3. The number of hydrogen-bond donors (Lipinski definition) is 3. The molecule has 0 fully saturated rings. The standard InChI is InChI=1S/C38H67N5O8S/c1-13-21-43(34(45)31(25(6)14-2)41-30(44)19-17-16-18-20-39-11)28(24(4)5)22-29(33-40-27(23-52-33)35(46)49-12)50-36(47)32(26(7)15-3)42-37(48)51-38(8,9)10/h23-26,28-29,31-32,39H,13-22H2,1-12H3,(H,41,44)(H,42,48)/t25-,26-,28+,29+,31-,32-/m0/s1. The molecule has 13 nitrogen and oxygen atoms in total. The number of rotatable bonds is 23. The molecule has 0 radical (unpaired) electrons. The van der Waals surface area contributed by atoms with Gasteiger partial charge in [-0.3, -0.25) is 9.59 Å². The highest BCUT2D eigenvalue weighted by Crippen LogP contribution is 2.32. The minimum absolute atomic E-state index is 0.0713. The zero-order valence-corrected chi connectivity index (χ0v) is 34.6. The Hall–Kier alpha value is -3.26. The molecule has 0 saturated heterocycles. The third-order valence-electron chi connectivity index (χ3n) is 9.09. The van der Waals surface area contributed by atoms with Gasteiger partial charge in [-0.2, -0.15) is 0 Å². The fraction of sp³-hybridized carbons (Fsp3) is 0.789. The minimum atomic E-state index is -1.03. The average Bonchev–Trinajstić information content (AvgIpc) is 3.58. The maximum absolute atomic E-state index is 14.5. The van der Waals surface area contributed by atoms with Gasteiger partial charge in [0.05, 0.1) is 7.11 Å². The van der Waals surface area contributed by atoms with E-state index in [1.165, 1.54) is 7.11 Å². The van der Waals surface area contributed by atoms with E-state index in [9.17, 15) is 24.0 Å². The van der Waals surface area contributed by atoms with Crippen LogP contribution in [0.4, 0.5) is 4.79 Å². The van der Waals surface area contributed by atoms with Gasteiger partial charge in [0, 0.05) is 30.8 Å². The molecule has 6 atom stereocenters. The summed E-state index contributed by atoms with van der Waals surface area (Å²) in [6.07, 6.45) is 3.30. The van der Waals surface area contributed by atoms with Gasteiger partial charge in [0.1, 0.15) is 22.7 Å². The van der Waals surface area contributed by atoms with E-state index in [4.69, 9.17) is 14.2 Å². The number of alkyl carbamates (subject to hydrolysis) is 1. The molecule has 0 aromatic carbocycles. The molecule has 1 aromatic rings. The van der Waals surface area contributed by atoms with E-state index >= 15 is 0 Å². The topological polar surface area (TPSA) is 165 Å². The number of nitrogens with zero attached hydrogens (tertiary/aromatic N) is 2. The Kier molecular flexibility index (Phi) is 21.1. The van der Waals surface area contributed by atoms with Crippen LogP contribution in [0.1, 0.15) is 142 Å². The van der Waals surface area contributed by atoms with Gasteiger partial charge in [-0.15, -0.1) is 11.3 Å². The number of ether oxygens (including phenoxy) is 3. The summed E-state index contributed by atoms with van der Waals surface area (Å²) in [5.74, 6) is -2.18. The van der Waals surface area contributed by atoms with Crippen molar-refractivity contribution < 1.29 is 38.2 Å². The number of unbranched alkanes of at least 4 members (excludes halogenated alkanes) is 2. The van der Waals surface area contributed by atoms with Crippen LogP contribution >= 0.6 is 11.3 Å². The van der Waals surface area contributed by atoms with Gasteiger partial charge in [-0.05, 0) is 71.4 Å². The van der Waals surface area contributed by atoms with Crippen molar-refractivity contribution in [1.29, 1.82) is 0 Å².